The Hall–Kier alpha value is -3.63. The van der Waals surface area contributed by atoms with Gasteiger partial charge >= 0.3 is 12.1 Å². The third kappa shape index (κ3) is 3.87. The van der Waals surface area contributed by atoms with Crippen molar-refractivity contribution in [2.45, 2.75) is 55.9 Å². The smallest absolute Gasteiger partial charge is 0.412 e. The Morgan fingerprint density at radius 2 is 1.88 bits per heavy atom. The van der Waals surface area contributed by atoms with E-state index in [1.54, 1.807) is 7.11 Å². The molecule has 1 saturated carbocycles. The molecule has 1 saturated heterocycles. The van der Waals surface area contributed by atoms with Gasteiger partial charge in [-0.15, -0.1) is 0 Å². The zero-order chi connectivity index (χ0) is 29.2. The number of hydrogen-bond donors (Lipinski definition) is 2. The highest BCUT2D eigenvalue weighted by Gasteiger charge is 2.77. The van der Waals surface area contributed by atoms with E-state index in [0.717, 1.165) is 30.8 Å². The van der Waals surface area contributed by atoms with Gasteiger partial charge in [-0.3, -0.25) is 9.69 Å². The van der Waals surface area contributed by atoms with Gasteiger partial charge in [-0.2, -0.15) is 0 Å². The Bertz CT molecular complexity index is 1400. The average Bonchev–Trinajstić information content (AvgIpc) is 3.47. The minimum Gasteiger partial charge on any atom is -0.497 e. The molecule has 1 amide bonds. The molecule has 2 aromatic rings. The van der Waals surface area contributed by atoms with Gasteiger partial charge in [0.2, 0.25) is 0 Å². The molecule has 0 radical (unpaired) electrons. The van der Waals surface area contributed by atoms with Gasteiger partial charge < -0.3 is 29.5 Å². The highest BCUT2D eigenvalue weighted by Crippen LogP contribution is 2.67. The number of fused-ring (bicyclic) bond motifs is 1. The van der Waals surface area contributed by atoms with Gasteiger partial charge in [0.15, 0.2) is 0 Å². The zero-order valence-corrected chi connectivity index (χ0v) is 23.7. The van der Waals surface area contributed by atoms with Crippen LogP contribution in [-0.2, 0) is 14.9 Å². The van der Waals surface area contributed by atoms with Gasteiger partial charge in [-0.25, -0.2) is 9.18 Å². The average molecular weight is 566 g/mol. The van der Waals surface area contributed by atoms with E-state index >= 15 is 0 Å². The molecule has 218 valence electrons. The van der Waals surface area contributed by atoms with Crippen molar-refractivity contribution >= 4 is 17.7 Å². The van der Waals surface area contributed by atoms with E-state index in [2.05, 4.69) is 40.3 Å². The molecule has 2 fully saturated rings. The fraction of sp³-hybridized carbons (Fsp3) is 0.484. The van der Waals surface area contributed by atoms with Crippen molar-refractivity contribution in [3.63, 3.8) is 0 Å². The Kier molecular flexibility index (Phi) is 6.54. The number of amides is 1. The van der Waals surface area contributed by atoms with Gasteiger partial charge in [0, 0.05) is 49.1 Å². The van der Waals surface area contributed by atoms with Crippen molar-refractivity contribution in [3.8, 4) is 11.5 Å². The van der Waals surface area contributed by atoms with Crippen molar-refractivity contribution in [1.29, 1.82) is 0 Å². The number of nitrogens with zero attached hydrogens (tertiary/aromatic N) is 2. The molecule has 0 bridgehead atoms. The lowest BCUT2D eigenvalue weighted by Crippen LogP contribution is -2.81. The Morgan fingerprint density at radius 1 is 1.15 bits per heavy atom. The first-order valence-corrected chi connectivity index (χ1v) is 14.0. The largest absolute Gasteiger partial charge is 0.497 e. The van der Waals surface area contributed by atoms with Crippen LogP contribution >= 0.6 is 0 Å². The Morgan fingerprint density at radius 3 is 2.56 bits per heavy atom. The number of nitrogens with one attached hydrogen (secondary N) is 1. The molecule has 3 aliphatic heterocycles. The molecule has 3 heterocycles. The van der Waals surface area contributed by atoms with Crippen LogP contribution in [-0.4, -0.2) is 79.6 Å². The first kappa shape index (κ1) is 27.5. The number of halogens is 1. The quantitative estimate of drug-likeness (QED) is 0.406. The predicted molar refractivity (Wildman–Crippen MR) is 150 cm³/mol. The molecule has 6 atom stereocenters. The lowest BCUT2D eigenvalue weighted by atomic mass is 9.47. The van der Waals surface area contributed by atoms with E-state index in [0.29, 0.717) is 12.2 Å². The number of ether oxygens (including phenoxy) is 3. The number of esters is 1. The maximum atomic E-state index is 13.4. The molecule has 1 spiro atoms. The number of hydrogen-bond acceptors (Lipinski definition) is 8. The van der Waals surface area contributed by atoms with Crippen molar-refractivity contribution in [3.05, 3.63) is 66.0 Å². The summed E-state index contributed by atoms with van der Waals surface area (Å²) in [4.78, 5) is 30.1. The number of anilines is 1. The molecule has 10 heteroatoms. The molecule has 2 aromatic carbocycles. The molecule has 6 rings (SSSR count). The van der Waals surface area contributed by atoms with Crippen molar-refractivity contribution in [1.82, 2.24) is 10.2 Å². The van der Waals surface area contributed by atoms with Gasteiger partial charge in [0.1, 0.15) is 29.0 Å². The first-order chi connectivity index (χ1) is 19.6. The lowest BCUT2D eigenvalue weighted by Gasteiger charge is -2.64. The number of likely N-dealkylation sites (N-methyl/N-ethyl adjacent to an activating group) is 1. The SMILES string of the molecule is CC[C@]12C=CCN3CC[C@@]4(c5ccc(OC)cc5N(C)[C@H]4C(O)(CNC(=O)Oc4ccc(F)cc4)[C@@H]1OC(C)=O)[C@@H]32. The van der Waals surface area contributed by atoms with Gasteiger partial charge in [0.25, 0.3) is 0 Å². The summed E-state index contributed by atoms with van der Waals surface area (Å²) in [7, 11) is 3.56. The molecule has 41 heavy (non-hydrogen) atoms. The third-order valence-corrected chi connectivity index (χ3v) is 9.76. The Balaban J connectivity index is 1.48. The molecule has 1 aliphatic carbocycles. The summed E-state index contributed by atoms with van der Waals surface area (Å²) in [5, 5.41) is 15.7. The fourth-order valence-corrected chi connectivity index (χ4v) is 8.50. The monoisotopic (exact) mass is 565 g/mol. The van der Waals surface area contributed by atoms with Gasteiger partial charge in [0.05, 0.1) is 19.7 Å². The molecule has 4 aliphatic rings. The summed E-state index contributed by atoms with van der Waals surface area (Å²) in [6, 6.07) is 10.5. The minimum absolute atomic E-state index is 0.0529. The van der Waals surface area contributed by atoms with Crippen molar-refractivity contribution in [2.24, 2.45) is 5.41 Å². The summed E-state index contributed by atoms with van der Waals surface area (Å²) < 4.78 is 30.4. The third-order valence-electron chi connectivity index (χ3n) is 9.76. The maximum absolute atomic E-state index is 13.4. The van der Waals surface area contributed by atoms with Crippen molar-refractivity contribution in [2.75, 3.05) is 38.7 Å². The van der Waals surface area contributed by atoms with Crippen LogP contribution in [0.25, 0.3) is 0 Å². The highest BCUT2D eigenvalue weighted by molar-refractivity contribution is 5.73. The minimum atomic E-state index is -1.72. The van der Waals surface area contributed by atoms with Crippen molar-refractivity contribution < 1.29 is 33.3 Å². The van der Waals surface area contributed by atoms with E-state index in [9.17, 15) is 19.1 Å². The van der Waals surface area contributed by atoms with E-state index in [-0.39, 0.29) is 18.3 Å². The predicted octanol–water partition coefficient (Wildman–Crippen LogP) is 3.40. The molecular formula is C31H36FN3O6. The van der Waals surface area contributed by atoms with E-state index in [1.807, 2.05) is 19.2 Å². The summed E-state index contributed by atoms with van der Waals surface area (Å²) in [6.07, 6.45) is 3.83. The number of carbonyl (C=O) groups excluding carboxylic acids is 2. The maximum Gasteiger partial charge on any atom is 0.412 e. The van der Waals surface area contributed by atoms with E-state index in [4.69, 9.17) is 14.2 Å². The summed E-state index contributed by atoms with van der Waals surface area (Å²) >= 11 is 0. The van der Waals surface area contributed by atoms with Gasteiger partial charge in [-0.05, 0) is 55.3 Å². The van der Waals surface area contributed by atoms with Crippen LogP contribution in [0.5, 0.6) is 11.5 Å². The molecule has 9 nitrogen and oxygen atoms in total. The number of carbonyl (C=O) groups is 2. The molecule has 2 N–H and O–H groups in total. The van der Waals surface area contributed by atoms with Gasteiger partial charge in [-0.1, -0.05) is 25.1 Å². The van der Waals surface area contributed by atoms with Crippen LogP contribution in [0.15, 0.2) is 54.6 Å². The van der Waals surface area contributed by atoms with Crippen LogP contribution in [0.4, 0.5) is 14.9 Å². The number of aliphatic hydroxyl groups is 1. The van der Waals surface area contributed by atoms with E-state index < -0.39 is 46.5 Å². The number of benzene rings is 2. The Labute approximate surface area is 238 Å². The lowest BCUT2D eigenvalue weighted by molar-refractivity contribution is -0.216. The van der Waals surface area contributed by atoms with Crippen LogP contribution in [0, 0.1) is 11.2 Å². The number of rotatable bonds is 6. The van der Waals surface area contributed by atoms with Crippen LogP contribution < -0.4 is 19.7 Å². The molecule has 0 aromatic heterocycles. The second-order valence-electron chi connectivity index (χ2n) is 11.6. The molecular weight excluding hydrogens is 529 g/mol. The fourth-order valence-electron chi connectivity index (χ4n) is 8.50. The summed E-state index contributed by atoms with van der Waals surface area (Å²) in [5.41, 5.74) is -0.924. The van der Waals surface area contributed by atoms with Crippen LogP contribution in [0.2, 0.25) is 0 Å². The topological polar surface area (TPSA) is 101 Å². The normalized spacial score (nSPS) is 33.0. The van der Waals surface area contributed by atoms with E-state index in [1.165, 1.54) is 31.2 Å². The standard InChI is InChI=1S/C31H36FN3O6/c1-5-29-13-6-15-35-16-14-30(25(29)35)23-12-11-22(39-4)17-24(23)34(3)26(30)31(38,27(29)40-19(2)36)18-33-28(37)41-21-9-7-20(32)8-10-21/h6-13,17,25-27,38H,5,14-16,18H2,1-4H3,(H,33,37)/t25-,26+,27+,29+,30+,31?/m0/s1. The summed E-state index contributed by atoms with van der Waals surface area (Å²) in [5.74, 6) is -0.0931. The molecule has 1 unspecified atom stereocenters. The van der Waals surface area contributed by atoms with Crippen LogP contribution in [0.3, 0.4) is 0 Å². The zero-order valence-electron chi connectivity index (χ0n) is 23.7. The highest BCUT2D eigenvalue weighted by atomic mass is 19.1. The second-order valence-corrected chi connectivity index (χ2v) is 11.6. The summed E-state index contributed by atoms with van der Waals surface area (Å²) in [6.45, 7) is 4.74. The number of methoxy groups -OCH3 is 1. The second kappa shape index (κ2) is 9.73. The van der Waals surface area contributed by atoms with Crippen LogP contribution in [0.1, 0.15) is 32.3 Å². The first-order valence-electron chi connectivity index (χ1n) is 14.0.